The Morgan fingerprint density at radius 2 is 2.05 bits per heavy atom. The second-order valence-electron chi connectivity index (χ2n) is 4.95. The van der Waals surface area contributed by atoms with E-state index in [4.69, 9.17) is 10.2 Å². The second kappa shape index (κ2) is 7.68. The van der Waals surface area contributed by atoms with Crippen LogP contribution in [0.15, 0.2) is 0 Å². The van der Waals surface area contributed by atoms with Crippen LogP contribution < -0.4 is 10.6 Å². The van der Waals surface area contributed by atoms with E-state index in [1.54, 1.807) is 4.90 Å². The first kappa shape index (κ1) is 16.2. The van der Waals surface area contributed by atoms with Gasteiger partial charge in [0.2, 0.25) is 0 Å². The normalized spacial score (nSPS) is 20.2. The average molecular weight is 287 g/mol. The number of piperidine rings is 1. The molecule has 8 heteroatoms. The number of carboxylic acid groups (broad SMARTS) is 2. The molecule has 0 aromatic heterocycles. The fraction of sp³-hybridized carbons (Fsp3) is 0.750. The molecule has 1 saturated heterocycles. The van der Waals surface area contributed by atoms with Gasteiger partial charge >= 0.3 is 18.0 Å². The molecule has 1 fully saturated rings. The van der Waals surface area contributed by atoms with Crippen molar-refractivity contribution in [3.8, 4) is 0 Å². The number of urea groups is 1. The van der Waals surface area contributed by atoms with Gasteiger partial charge < -0.3 is 25.7 Å². The van der Waals surface area contributed by atoms with Crippen molar-refractivity contribution >= 4 is 18.0 Å². The van der Waals surface area contributed by atoms with E-state index in [2.05, 4.69) is 10.6 Å². The van der Waals surface area contributed by atoms with Crippen molar-refractivity contribution in [2.24, 2.45) is 5.92 Å². The van der Waals surface area contributed by atoms with E-state index in [0.29, 0.717) is 19.0 Å². The van der Waals surface area contributed by atoms with Gasteiger partial charge in [-0.3, -0.25) is 4.79 Å². The Hall–Kier alpha value is -1.83. The molecule has 1 heterocycles. The summed E-state index contributed by atoms with van der Waals surface area (Å²) in [7, 11) is 1.84. The number of carbonyl (C=O) groups is 3. The minimum atomic E-state index is -1.40. The van der Waals surface area contributed by atoms with Crippen LogP contribution in [-0.2, 0) is 9.59 Å². The van der Waals surface area contributed by atoms with Gasteiger partial charge in [0, 0.05) is 13.1 Å². The molecule has 1 aliphatic rings. The number of carboxylic acids is 2. The van der Waals surface area contributed by atoms with Gasteiger partial charge in [-0.05, 0) is 32.4 Å². The first-order valence-electron chi connectivity index (χ1n) is 6.58. The fourth-order valence-corrected chi connectivity index (χ4v) is 2.32. The van der Waals surface area contributed by atoms with Crippen LogP contribution in [0.2, 0.25) is 0 Å². The van der Waals surface area contributed by atoms with Gasteiger partial charge in [0.15, 0.2) is 0 Å². The van der Waals surface area contributed by atoms with Crippen LogP contribution in [0, 0.1) is 5.92 Å². The minimum absolute atomic E-state index is 0.335. The molecule has 0 spiro atoms. The van der Waals surface area contributed by atoms with Crippen LogP contribution in [-0.4, -0.2) is 65.8 Å². The molecule has 8 nitrogen and oxygen atoms in total. The summed E-state index contributed by atoms with van der Waals surface area (Å²) >= 11 is 0. The number of hydrogen-bond donors (Lipinski definition) is 4. The molecule has 1 aliphatic heterocycles. The molecule has 2 unspecified atom stereocenters. The number of carbonyl (C=O) groups excluding carboxylic acids is 1. The van der Waals surface area contributed by atoms with Gasteiger partial charge in [-0.15, -0.1) is 0 Å². The Labute approximate surface area is 117 Å². The van der Waals surface area contributed by atoms with Crippen molar-refractivity contribution in [2.45, 2.75) is 25.3 Å². The molecule has 4 N–H and O–H groups in total. The number of likely N-dealkylation sites (tertiary alicyclic amines) is 1. The molecule has 2 atom stereocenters. The van der Waals surface area contributed by atoms with Crippen LogP contribution >= 0.6 is 0 Å². The zero-order valence-electron chi connectivity index (χ0n) is 11.5. The number of hydrogen-bond acceptors (Lipinski definition) is 4. The highest BCUT2D eigenvalue weighted by Gasteiger charge is 2.28. The van der Waals surface area contributed by atoms with Gasteiger partial charge in [0.1, 0.15) is 6.04 Å². The van der Waals surface area contributed by atoms with E-state index < -0.39 is 30.4 Å². The van der Waals surface area contributed by atoms with Crippen molar-refractivity contribution in [1.82, 2.24) is 15.5 Å². The van der Waals surface area contributed by atoms with E-state index in [-0.39, 0.29) is 0 Å². The van der Waals surface area contributed by atoms with Crippen molar-refractivity contribution < 1.29 is 24.6 Å². The first-order valence-corrected chi connectivity index (χ1v) is 6.58. The molecule has 0 aliphatic carbocycles. The number of rotatable bonds is 6. The molecule has 20 heavy (non-hydrogen) atoms. The molecule has 2 amide bonds. The van der Waals surface area contributed by atoms with E-state index in [1.165, 1.54) is 0 Å². The highest BCUT2D eigenvalue weighted by atomic mass is 16.4. The highest BCUT2D eigenvalue weighted by Crippen LogP contribution is 2.15. The van der Waals surface area contributed by atoms with Crippen molar-refractivity contribution in [2.75, 3.05) is 26.7 Å². The molecule has 0 aromatic rings. The Balaban J connectivity index is 2.55. The molecule has 1 rings (SSSR count). The fourth-order valence-electron chi connectivity index (χ4n) is 2.32. The minimum Gasteiger partial charge on any atom is -0.481 e. The molecule has 0 saturated carbocycles. The Kier molecular flexibility index (Phi) is 6.23. The molecule has 114 valence electrons. The standard InChI is InChI=1S/C12H21N3O5/c1-13-6-8-3-2-4-15(7-8)12(20)14-9(11(18)19)5-10(16)17/h8-9,13H,2-7H2,1H3,(H,14,20)(H,16,17)(H,18,19). The summed E-state index contributed by atoms with van der Waals surface area (Å²) < 4.78 is 0. The third kappa shape index (κ3) is 5.04. The zero-order chi connectivity index (χ0) is 15.1. The number of amides is 2. The Bertz CT molecular complexity index is 372. The lowest BCUT2D eigenvalue weighted by molar-refractivity contribution is -0.145. The van der Waals surface area contributed by atoms with E-state index in [1.807, 2.05) is 7.05 Å². The maximum atomic E-state index is 12.0. The zero-order valence-corrected chi connectivity index (χ0v) is 11.5. The number of aliphatic carboxylic acids is 2. The summed E-state index contributed by atoms with van der Waals surface area (Å²) in [5.41, 5.74) is 0. The number of nitrogens with one attached hydrogen (secondary N) is 2. The van der Waals surface area contributed by atoms with Gasteiger partial charge in [-0.25, -0.2) is 9.59 Å². The Morgan fingerprint density at radius 3 is 2.60 bits per heavy atom. The lowest BCUT2D eigenvalue weighted by Gasteiger charge is -2.33. The summed E-state index contributed by atoms with van der Waals surface area (Å²) in [5.74, 6) is -2.27. The SMILES string of the molecule is CNCC1CCCN(C(=O)NC(CC(=O)O)C(=O)O)C1. The monoisotopic (exact) mass is 287 g/mol. The summed E-state index contributed by atoms with van der Waals surface area (Å²) in [6.45, 7) is 1.90. The van der Waals surface area contributed by atoms with Crippen LogP contribution in [0.25, 0.3) is 0 Å². The molecule has 0 bridgehead atoms. The lowest BCUT2D eigenvalue weighted by Crippen LogP contribution is -2.52. The van der Waals surface area contributed by atoms with E-state index in [9.17, 15) is 14.4 Å². The third-order valence-electron chi connectivity index (χ3n) is 3.27. The first-order chi connectivity index (χ1) is 9.43. The maximum Gasteiger partial charge on any atom is 0.326 e. The largest absolute Gasteiger partial charge is 0.481 e. The maximum absolute atomic E-state index is 12.0. The predicted molar refractivity (Wildman–Crippen MR) is 70.4 cm³/mol. The van der Waals surface area contributed by atoms with Crippen LogP contribution in [0.3, 0.4) is 0 Å². The molecular weight excluding hydrogens is 266 g/mol. The topological polar surface area (TPSA) is 119 Å². The van der Waals surface area contributed by atoms with E-state index in [0.717, 1.165) is 19.4 Å². The molecular formula is C12H21N3O5. The van der Waals surface area contributed by atoms with Gasteiger partial charge in [0.25, 0.3) is 0 Å². The van der Waals surface area contributed by atoms with Gasteiger partial charge in [0.05, 0.1) is 6.42 Å². The van der Waals surface area contributed by atoms with E-state index >= 15 is 0 Å². The third-order valence-corrected chi connectivity index (χ3v) is 3.27. The second-order valence-corrected chi connectivity index (χ2v) is 4.95. The Morgan fingerprint density at radius 1 is 1.35 bits per heavy atom. The van der Waals surface area contributed by atoms with Gasteiger partial charge in [-0.1, -0.05) is 0 Å². The predicted octanol–water partition coefficient (Wildman–Crippen LogP) is -0.445. The van der Waals surface area contributed by atoms with Crippen molar-refractivity contribution in [1.29, 1.82) is 0 Å². The molecule has 0 aromatic carbocycles. The summed E-state index contributed by atoms with van der Waals surface area (Å²) in [6, 6.07) is -1.91. The summed E-state index contributed by atoms with van der Waals surface area (Å²) in [6.07, 6.45) is 1.24. The lowest BCUT2D eigenvalue weighted by atomic mass is 9.98. The van der Waals surface area contributed by atoms with Crippen molar-refractivity contribution in [3.05, 3.63) is 0 Å². The van der Waals surface area contributed by atoms with Crippen molar-refractivity contribution in [3.63, 3.8) is 0 Å². The van der Waals surface area contributed by atoms with Gasteiger partial charge in [-0.2, -0.15) is 0 Å². The van der Waals surface area contributed by atoms with Crippen LogP contribution in [0.4, 0.5) is 4.79 Å². The summed E-state index contributed by atoms with van der Waals surface area (Å²) in [5, 5.41) is 22.8. The number of nitrogens with zero attached hydrogens (tertiary/aromatic N) is 1. The van der Waals surface area contributed by atoms with Crippen LogP contribution in [0.5, 0.6) is 0 Å². The molecule has 0 radical (unpaired) electrons. The van der Waals surface area contributed by atoms with Crippen LogP contribution in [0.1, 0.15) is 19.3 Å². The quantitative estimate of drug-likeness (QED) is 0.525. The highest BCUT2D eigenvalue weighted by molar-refractivity contribution is 5.86. The average Bonchev–Trinajstić information content (AvgIpc) is 2.38. The summed E-state index contributed by atoms with van der Waals surface area (Å²) in [4.78, 5) is 35.0. The smallest absolute Gasteiger partial charge is 0.326 e.